The first-order valence-corrected chi connectivity index (χ1v) is 26.6. The van der Waals surface area contributed by atoms with Crippen molar-refractivity contribution in [2.24, 2.45) is 0 Å². The maximum atomic E-state index is 13.0. The predicted molar refractivity (Wildman–Crippen MR) is 261 cm³/mol. The number of carbonyl (C=O) groups excluding carboxylic acids is 2. The summed E-state index contributed by atoms with van der Waals surface area (Å²) in [5.41, 5.74) is 0. The van der Waals surface area contributed by atoms with Gasteiger partial charge in [0.2, 0.25) is 0 Å². The second-order valence-electron chi connectivity index (χ2n) is 18.7. The third-order valence-electron chi connectivity index (χ3n) is 12.6. The van der Waals surface area contributed by atoms with Crippen LogP contribution in [0.1, 0.15) is 194 Å². The Bertz CT molecular complexity index is 1330. The van der Waals surface area contributed by atoms with Crippen molar-refractivity contribution in [2.45, 2.75) is 261 Å². The van der Waals surface area contributed by atoms with Crippen LogP contribution in [0, 0.1) is 0 Å². The summed E-state index contributed by atoms with van der Waals surface area (Å²) in [7, 11) is 0. The summed E-state index contributed by atoms with van der Waals surface area (Å²) >= 11 is 0. The van der Waals surface area contributed by atoms with Crippen LogP contribution in [-0.2, 0) is 38.0 Å². The Hall–Kier alpha value is -2.28. The van der Waals surface area contributed by atoms with E-state index in [1.165, 1.54) is 70.6 Å². The van der Waals surface area contributed by atoms with Gasteiger partial charge in [-0.3, -0.25) is 9.59 Å². The minimum atomic E-state index is -1.77. The zero-order valence-corrected chi connectivity index (χ0v) is 41.8. The Morgan fingerprint density at radius 2 is 0.882 bits per heavy atom. The van der Waals surface area contributed by atoms with Crippen molar-refractivity contribution in [3.8, 4) is 0 Å². The van der Waals surface area contributed by atoms with Crippen LogP contribution >= 0.6 is 0 Å². The number of aliphatic hydroxyl groups excluding tert-OH is 7. The summed E-state index contributed by atoms with van der Waals surface area (Å²) in [5, 5.41) is 72.1. The van der Waals surface area contributed by atoms with Gasteiger partial charge in [0.25, 0.3) is 0 Å². The fourth-order valence-corrected chi connectivity index (χ4v) is 8.18. The standard InChI is InChI=1S/C53H94O15/c1-3-5-7-9-11-13-15-17-19-21-23-25-27-29-31-33-35-44(55)63-38-41(66-45(56)36-34-32-30-28-26-24-22-20-18-16-14-12-10-8-6-4-2)39-64-52-51(62)49(60)47(58)43(68-52)40-65-53-50(61)48(59)46(57)42(37-54)67-53/h14,16,19-22,41-43,46-54,57-62H,3-13,15,17-18,23-40H2,1-2H3/b16-14-,21-19-,22-20-. The number of esters is 2. The van der Waals surface area contributed by atoms with Crippen LogP contribution in [0.15, 0.2) is 36.5 Å². The molecule has 0 aromatic rings. The Morgan fingerprint density at radius 3 is 1.40 bits per heavy atom. The molecule has 0 bridgehead atoms. The number of ether oxygens (including phenoxy) is 6. The van der Waals surface area contributed by atoms with Gasteiger partial charge in [0.05, 0.1) is 19.8 Å². The summed E-state index contributed by atoms with van der Waals surface area (Å²) in [6, 6.07) is 0. The van der Waals surface area contributed by atoms with Crippen molar-refractivity contribution < 1.29 is 73.8 Å². The smallest absolute Gasteiger partial charge is 0.306 e. The van der Waals surface area contributed by atoms with Gasteiger partial charge >= 0.3 is 11.9 Å². The van der Waals surface area contributed by atoms with E-state index in [9.17, 15) is 45.3 Å². The van der Waals surface area contributed by atoms with Crippen molar-refractivity contribution in [1.82, 2.24) is 0 Å². The summed E-state index contributed by atoms with van der Waals surface area (Å²) in [4.78, 5) is 25.8. The van der Waals surface area contributed by atoms with Crippen LogP contribution in [0.5, 0.6) is 0 Å². The van der Waals surface area contributed by atoms with Gasteiger partial charge in [-0.05, 0) is 70.6 Å². The van der Waals surface area contributed by atoms with Gasteiger partial charge in [-0.2, -0.15) is 0 Å². The molecule has 2 aliphatic rings. The number of allylic oxidation sites excluding steroid dienone is 6. The second-order valence-corrected chi connectivity index (χ2v) is 18.7. The fraction of sp³-hybridized carbons (Fsp3) is 0.849. The molecule has 2 heterocycles. The van der Waals surface area contributed by atoms with Crippen LogP contribution in [0.2, 0.25) is 0 Å². The minimum Gasteiger partial charge on any atom is -0.462 e. The molecule has 11 atom stereocenters. The Morgan fingerprint density at radius 1 is 0.471 bits per heavy atom. The minimum absolute atomic E-state index is 0.148. The maximum Gasteiger partial charge on any atom is 0.306 e. The molecule has 396 valence electrons. The van der Waals surface area contributed by atoms with Gasteiger partial charge in [0.15, 0.2) is 18.7 Å². The molecular weight excluding hydrogens is 877 g/mol. The highest BCUT2D eigenvalue weighted by atomic mass is 16.7. The molecule has 2 aliphatic heterocycles. The van der Waals surface area contributed by atoms with Gasteiger partial charge in [-0.15, -0.1) is 0 Å². The SMILES string of the molecule is CCCCCC/C=C\C/C=C\CCCCCCCC(=O)OC(COC(=O)CCCCCCC/C=C\CCCCCCCCC)COC1OC(COC2OC(CO)C(O)C(O)C2O)C(O)C(O)C1O. The average Bonchev–Trinajstić information content (AvgIpc) is 3.33. The third-order valence-corrected chi connectivity index (χ3v) is 12.6. The fourth-order valence-electron chi connectivity index (χ4n) is 8.18. The van der Waals surface area contributed by atoms with Crippen molar-refractivity contribution >= 4 is 11.9 Å². The van der Waals surface area contributed by atoms with Crippen LogP contribution < -0.4 is 0 Å². The van der Waals surface area contributed by atoms with Crippen molar-refractivity contribution in [3.05, 3.63) is 36.5 Å². The molecule has 0 aromatic heterocycles. The molecule has 2 rings (SSSR count). The molecular formula is C53H94O15. The highest BCUT2D eigenvalue weighted by molar-refractivity contribution is 5.70. The Kier molecular flexibility index (Phi) is 36.7. The maximum absolute atomic E-state index is 13.0. The van der Waals surface area contributed by atoms with Gasteiger partial charge in [0, 0.05) is 12.8 Å². The summed E-state index contributed by atoms with van der Waals surface area (Å²) in [6.07, 6.45) is 25.9. The molecule has 0 aromatic carbocycles. The molecule has 2 fully saturated rings. The first-order chi connectivity index (χ1) is 33.0. The normalized spacial score (nSPS) is 26.0. The van der Waals surface area contributed by atoms with E-state index < -0.39 is 92.7 Å². The van der Waals surface area contributed by atoms with Gasteiger partial charge in [-0.1, -0.05) is 147 Å². The third kappa shape index (κ3) is 27.9. The van der Waals surface area contributed by atoms with Crippen molar-refractivity contribution in [3.63, 3.8) is 0 Å². The quantitative estimate of drug-likeness (QED) is 0.0177. The predicted octanol–water partition coefficient (Wildman–Crippen LogP) is 7.71. The molecule has 0 radical (unpaired) electrons. The molecule has 11 unspecified atom stereocenters. The van der Waals surface area contributed by atoms with E-state index in [4.69, 9.17) is 28.4 Å². The van der Waals surface area contributed by atoms with Gasteiger partial charge in [-0.25, -0.2) is 0 Å². The highest BCUT2D eigenvalue weighted by Crippen LogP contribution is 2.26. The van der Waals surface area contributed by atoms with E-state index in [0.717, 1.165) is 83.5 Å². The molecule has 68 heavy (non-hydrogen) atoms. The highest BCUT2D eigenvalue weighted by Gasteiger charge is 2.47. The largest absolute Gasteiger partial charge is 0.462 e. The molecule has 2 saturated heterocycles. The molecule has 0 aliphatic carbocycles. The van der Waals surface area contributed by atoms with E-state index in [0.29, 0.717) is 12.8 Å². The monoisotopic (exact) mass is 971 g/mol. The summed E-state index contributed by atoms with van der Waals surface area (Å²) in [5.74, 6) is -0.948. The van der Waals surface area contributed by atoms with E-state index >= 15 is 0 Å². The Balaban J connectivity index is 1.81. The molecule has 0 saturated carbocycles. The number of rotatable bonds is 41. The number of carbonyl (C=O) groups is 2. The number of hydrogen-bond donors (Lipinski definition) is 7. The van der Waals surface area contributed by atoms with Crippen molar-refractivity contribution in [1.29, 1.82) is 0 Å². The lowest BCUT2D eigenvalue weighted by Gasteiger charge is -2.42. The molecule has 15 nitrogen and oxygen atoms in total. The first-order valence-electron chi connectivity index (χ1n) is 26.6. The zero-order valence-electron chi connectivity index (χ0n) is 41.8. The van der Waals surface area contributed by atoms with Crippen LogP contribution in [0.4, 0.5) is 0 Å². The lowest BCUT2D eigenvalue weighted by atomic mass is 9.98. The average molecular weight is 971 g/mol. The number of unbranched alkanes of at least 4 members (excludes halogenated alkanes) is 21. The lowest BCUT2D eigenvalue weighted by molar-refractivity contribution is -0.332. The van der Waals surface area contributed by atoms with Crippen LogP contribution in [0.3, 0.4) is 0 Å². The summed E-state index contributed by atoms with van der Waals surface area (Å²) < 4.78 is 33.6. The van der Waals surface area contributed by atoms with E-state index in [2.05, 4.69) is 50.3 Å². The summed E-state index contributed by atoms with van der Waals surface area (Å²) in [6.45, 7) is 2.55. The first kappa shape index (κ1) is 61.8. The van der Waals surface area contributed by atoms with E-state index in [1.807, 2.05) is 0 Å². The van der Waals surface area contributed by atoms with Gasteiger partial charge in [0.1, 0.15) is 55.4 Å². The van der Waals surface area contributed by atoms with Crippen LogP contribution in [0.25, 0.3) is 0 Å². The topological polar surface area (TPSA) is 231 Å². The number of aliphatic hydroxyl groups is 7. The Labute approximate surface area is 408 Å². The molecule has 7 N–H and O–H groups in total. The van der Waals surface area contributed by atoms with Gasteiger partial charge < -0.3 is 64.2 Å². The number of hydrogen-bond acceptors (Lipinski definition) is 15. The second kappa shape index (κ2) is 40.3. The van der Waals surface area contributed by atoms with Crippen molar-refractivity contribution in [2.75, 3.05) is 26.4 Å². The molecule has 0 spiro atoms. The lowest BCUT2D eigenvalue weighted by Crippen LogP contribution is -2.61. The zero-order chi connectivity index (χ0) is 49.6. The van der Waals surface area contributed by atoms with E-state index in [1.54, 1.807) is 0 Å². The van der Waals surface area contributed by atoms with Crippen LogP contribution in [-0.4, -0.2) is 142 Å². The van der Waals surface area contributed by atoms with E-state index in [-0.39, 0.29) is 26.1 Å². The molecule has 15 heteroatoms. The molecule has 0 amide bonds.